The number of phenolic OH excluding ortho intramolecular Hbond substituents is 1. The Morgan fingerprint density at radius 1 is 1.20 bits per heavy atom. The molecule has 0 fully saturated rings. The van der Waals surface area contributed by atoms with Crippen molar-refractivity contribution in [2.45, 2.75) is 6.92 Å². The van der Waals surface area contributed by atoms with E-state index in [0.29, 0.717) is 5.02 Å². The van der Waals surface area contributed by atoms with Crippen molar-refractivity contribution in [2.75, 3.05) is 0 Å². The van der Waals surface area contributed by atoms with Crippen LogP contribution in [-0.2, 0) is 0 Å². The van der Waals surface area contributed by atoms with E-state index in [9.17, 15) is 0 Å². The number of aryl methyl sites for hydroxylation is 1. The van der Waals surface area contributed by atoms with E-state index in [1.165, 1.54) is 0 Å². The number of aromatic nitrogens is 1. The number of hydrogen-bond donors (Lipinski definition) is 1. The van der Waals surface area contributed by atoms with Gasteiger partial charge in [0, 0.05) is 11.8 Å². The highest BCUT2D eigenvalue weighted by Crippen LogP contribution is 2.27. The standard InChI is InChI=1S/C12H10ClNO/c1-8-6-11(13)12(14-7-8)9-2-4-10(15)5-3-9/h2-7,15H,1H3. The second kappa shape index (κ2) is 3.91. The molecule has 0 aliphatic carbocycles. The number of phenols is 1. The lowest BCUT2D eigenvalue weighted by Gasteiger charge is -2.04. The molecule has 2 rings (SSSR count). The summed E-state index contributed by atoms with van der Waals surface area (Å²) < 4.78 is 0. The molecular weight excluding hydrogens is 210 g/mol. The molecule has 0 aliphatic heterocycles. The van der Waals surface area contributed by atoms with Crippen LogP contribution in [0.2, 0.25) is 5.02 Å². The minimum Gasteiger partial charge on any atom is -0.508 e. The molecule has 3 heteroatoms. The first-order valence-corrected chi connectivity index (χ1v) is 4.96. The predicted molar refractivity (Wildman–Crippen MR) is 61.1 cm³/mol. The molecule has 0 saturated carbocycles. The quantitative estimate of drug-likeness (QED) is 0.797. The summed E-state index contributed by atoms with van der Waals surface area (Å²) in [5.74, 6) is 0.238. The molecule has 0 atom stereocenters. The molecule has 15 heavy (non-hydrogen) atoms. The van der Waals surface area contributed by atoms with E-state index in [0.717, 1.165) is 16.8 Å². The first kappa shape index (κ1) is 9.99. The van der Waals surface area contributed by atoms with Gasteiger partial charge in [-0.05, 0) is 42.8 Å². The Kier molecular flexibility index (Phi) is 2.60. The van der Waals surface area contributed by atoms with Crippen LogP contribution < -0.4 is 0 Å². The number of nitrogens with zero attached hydrogens (tertiary/aromatic N) is 1. The first-order chi connectivity index (χ1) is 7.16. The predicted octanol–water partition coefficient (Wildman–Crippen LogP) is 3.42. The molecule has 0 saturated heterocycles. The number of hydrogen-bond acceptors (Lipinski definition) is 2. The Hall–Kier alpha value is -1.54. The highest BCUT2D eigenvalue weighted by atomic mass is 35.5. The largest absolute Gasteiger partial charge is 0.508 e. The van der Waals surface area contributed by atoms with E-state index >= 15 is 0 Å². The van der Waals surface area contributed by atoms with Crippen molar-refractivity contribution in [1.29, 1.82) is 0 Å². The zero-order valence-electron chi connectivity index (χ0n) is 8.24. The average molecular weight is 220 g/mol. The van der Waals surface area contributed by atoms with Gasteiger partial charge in [-0.15, -0.1) is 0 Å². The van der Waals surface area contributed by atoms with Crippen molar-refractivity contribution in [3.63, 3.8) is 0 Å². The molecular formula is C12H10ClNO. The van der Waals surface area contributed by atoms with Crippen LogP contribution in [0.4, 0.5) is 0 Å². The highest BCUT2D eigenvalue weighted by molar-refractivity contribution is 6.33. The van der Waals surface area contributed by atoms with Gasteiger partial charge in [0.1, 0.15) is 5.75 Å². The summed E-state index contributed by atoms with van der Waals surface area (Å²) >= 11 is 6.08. The summed E-state index contributed by atoms with van der Waals surface area (Å²) in [6, 6.07) is 8.69. The highest BCUT2D eigenvalue weighted by Gasteiger charge is 2.04. The molecule has 1 heterocycles. The Morgan fingerprint density at radius 3 is 2.47 bits per heavy atom. The molecule has 1 aromatic heterocycles. The van der Waals surface area contributed by atoms with E-state index in [-0.39, 0.29) is 5.75 Å². The third kappa shape index (κ3) is 2.10. The fraction of sp³-hybridized carbons (Fsp3) is 0.0833. The van der Waals surface area contributed by atoms with Crippen LogP contribution in [0.15, 0.2) is 36.5 Å². The SMILES string of the molecule is Cc1cnc(-c2ccc(O)cc2)c(Cl)c1. The van der Waals surface area contributed by atoms with Crippen LogP contribution in [0.5, 0.6) is 5.75 Å². The lowest BCUT2D eigenvalue weighted by Crippen LogP contribution is -1.85. The van der Waals surface area contributed by atoms with E-state index in [1.807, 2.05) is 13.0 Å². The normalized spacial score (nSPS) is 10.3. The molecule has 76 valence electrons. The van der Waals surface area contributed by atoms with E-state index < -0.39 is 0 Å². The first-order valence-electron chi connectivity index (χ1n) is 4.58. The smallest absolute Gasteiger partial charge is 0.115 e. The molecule has 0 aliphatic rings. The van der Waals surface area contributed by atoms with Crippen LogP contribution in [0.1, 0.15) is 5.56 Å². The zero-order chi connectivity index (χ0) is 10.8. The molecule has 1 aromatic carbocycles. The number of benzene rings is 1. The fourth-order valence-corrected chi connectivity index (χ4v) is 1.70. The second-order valence-electron chi connectivity index (χ2n) is 3.39. The van der Waals surface area contributed by atoms with E-state index in [4.69, 9.17) is 16.7 Å². The summed E-state index contributed by atoms with van der Waals surface area (Å²) in [6.45, 7) is 1.94. The van der Waals surface area contributed by atoms with Gasteiger partial charge in [0.05, 0.1) is 10.7 Å². The Bertz CT molecular complexity index is 479. The van der Waals surface area contributed by atoms with Crippen LogP contribution in [0.25, 0.3) is 11.3 Å². The van der Waals surface area contributed by atoms with Gasteiger partial charge in [-0.2, -0.15) is 0 Å². The van der Waals surface area contributed by atoms with Gasteiger partial charge < -0.3 is 5.11 Å². The molecule has 0 amide bonds. The molecule has 2 nitrogen and oxygen atoms in total. The number of halogens is 1. The molecule has 1 N–H and O–H groups in total. The average Bonchev–Trinajstić information content (AvgIpc) is 2.20. The molecule has 0 unspecified atom stereocenters. The Morgan fingerprint density at radius 2 is 1.87 bits per heavy atom. The topological polar surface area (TPSA) is 33.1 Å². The number of rotatable bonds is 1. The summed E-state index contributed by atoms with van der Waals surface area (Å²) in [6.07, 6.45) is 1.77. The zero-order valence-corrected chi connectivity index (χ0v) is 8.99. The van der Waals surface area contributed by atoms with Crippen LogP contribution in [0, 0.1) is 6.92 Å². The summed E-state index contributed by atoms with van der Waals surface area (Å²) in [7, 11) is 0. The minimum atomic E-state index is 0.238. The van der Waals surface area contributed by atoms with Gasteiger partial charge in [-0.25, -0.2) is 0 Å². The van der Waals surface area contributed by atoms with Gasteiger partial charge in [0.2, 0.25) is 0 Å². The third-order valence-corrected chi connectivity index (χ3v) is 2.41. The molecule has 0 spiro atoms. The summed E-state index contributed by atoms with van der Waals surface area (Å²) in [5.41, 5.74) is 2.67. The van der Waals surface area contributed by atoms with Gasteiger partial charge in [0.25, 0.3) is 0 Å². The molecule has 0 radical (unpaired) electrons. The lowest BCUT2D eigenvalue weighted by molar-refractivity contribution is 0.475. The van der Waals surface area contributed by atoms with E-state index in [2.05, 4.69) is 4.98 Å². The molecule has 2 aromatic rings. The van der Waals surface area contributed by atoms with Gasteiger partial charge in [0.15, 0.2) is 0 Å². The van der Waals surface area contributed by atoms with Crippen LogP contribution in [0.3, 0.4) is 0 Å². The third-order valence-electron chi connectivity index (χ3n) is 2.12. The minimum absolute atomic E-state index is 0.238. The maximum absolute atomic E-state index is 9.16. The Labute approximate surface area is 93.2 Å². The molecule has 0 bridgehead atoms. The van der Waals surface area contributed by atoms with Crippen molar-refractivity contribution in [3.8, 4) is 17.0 Å². The van der Waals surface area contributed by atoms with Crippen molar-refractivity contribution >= 4 is 11.6 Å². The van der Waals surface area contributed by atoms with Crippen molar-refractivity contribution < 1.29 is 5.11 Å². The maximum atomic E-state index is 9.16. The van der Waals surface area contributed by atoms with E-state index in [1.54, 1.807) is 30.5 Å². The monoisotopic (exact) mass is 219 g/mol. The number of aromatic hydroxyl groups is 1. The van der Waals surface area contributed by atoms with Crippen LogP contribution in [-0.4, -0.2) is 10.1 Å². The maximum Gasteiger partial charge on any atom is 0.115 e. The Balaban J connectivity index is 2.49. The number of pyridine rings is 1. The van der Waals surface area contributed by atoms with Crippen LogP contribution >= 0.6 is 11.6 Å². The van der Waals surface area contributed by atoms with Crippen molar-refractivity contribution in [2.24, 2.45) is 0 Å². The fourth-order valence-electron chi connectivity index (χ4n) is 1.37. The van der Waals surface area contributed by atoms with Gasteiger partial charge in [-0.3, -0.25) is 4.98 Å². The second-order valence-corrected chi connectivity index (χ2v) is 3.80. The summed E-state index contributed by atoms with van der Waals surface area (Å²) in [4.78, 5) is 4.26. The van der Waals surface area contributed by atoms with Gasteiger partial charge in [-0.1, -0.05) is 11.6 Å². The van der Waals surface area contributed by atoms with Crippen molar-refractivity contribution in [1.82, 2.24) is 4.98 Å². The van der Waals surface area contributed by atoms with Gasteiger partial charge >= 0.3 is 0 Å². The summed E-state index contributed by atoms with van der Waals surface area (Å²) in [5, 5.41) is 9.79. The lowest BCUT2D eigenvalue weighted by atomic mass is 10.1. The van der Waals surface area contributed by atoms with Crippen molar-refractivity contribution in [3.05, 3.63) is 47.1 Å².